The highest BCUT2D eigenvalue weighted by Crippen LogP contribution is 2.23. The van der Waals surface area contributed by atoms with Gasteiger partial charge in [0.1, 0.15) is 0 Å². The first kappa shape index (κ1) is 17.2. The number of carbonyl (C=O) groups excluding carboxylic acids is 1. The van der Waals surface area contributed by atoms with Gasteiger partial charge in [-0.3, -0.25) is 9.59 Å². The molecule has 1 aliphatic rings. The molecule has 0 spiro atoms. The van der Waals surface area contributed by atoms with Crippen LogP contribution < -0.4 is 10.9 Å². The van der Waals surface area contributed by atoms with Crippen LogP contribution in [0.2, 0.25) is 0 Å². The number of hydrogen-bond acceptors (Lipinski definition) is 3. The van der Waals surface area contributed by atoms with Crippen LogP contribution in [0.3, 0.4) is 0 Å². The SMILES string of the molecule is CCCN(C(=O)c1cc(=O)[nH]c2ccc(Br)cc12)C1CCNCC1. The van der Waals surface area contributed by atoms with E-state index >= 15 is 0 Å². The van der Waals surface area contributed by atoms with Crippen LogP contribution in [0.15, 0.2) is 33.5 Å². The average Bonchev–Trinajstić information content (AvgIpc) is 2.59. The Bertz CT molecular complexity index is 796. The number of H-pyrrole nitrogens is 1. The molecular formula is C18H22BrN3O2. The first-order chi connectivity index (χ1) is 11.6. The van der Waals surface area contributed by atoms with E-state index < -0.39 is 0 Å². The number of nitrogens with one attached hydrogen (secondary N) is 2. The van der Waals surface area contributed by atoms with E-state index in [1.165, 1.54) is 6.07 Å². The summed E-state index contributed by atoms with van der Waals surface area (Å²) in [6.45, 7) is 4.65. The lowest BCUT2D eigenvalue weighted by Gasteiger charge is -2.34. The molecule has 1 amide bonds. The van der Waals surface area contributed by atoms with Gasteiger partial charge in [-0.2, -0.15) is 0 Å². The topological polar surface area (TPSA) is 65.2 Å². The molecule has 6 heteroatoms. The second-order valence-corrected chi connectivity index (χ2v) is 7.13. The van der Waals surface area contributed by atoms with Gasteiger partial charge >= 0.3 is 0 Å². The predicted octanol–water partition coefficient (Wildman–Crippen LogP) is 2.89. The zero-order chi connectivity index (χ0) is 17.1. The van der Waals surface area contributed by atoms with E-state index in [2.05, 4.69) is 33.2 Å². The van der Waals surface area contributed by atoms with Crippen LogP contribution in [0.25, 0.3) is 10.9 Å². The zero-order valence-electron chi connectivity index (χ0n) is 13.8. The maximum Gasteiger partial charge on any atom is 0.254 e. The summed E-state index contributed by atoms with van der Waals surface area (Å²) in [5.74, 6) is -0.0436. The van der Waals surface area contributed by atoms with E-state index in [4.69, 9.17) is 0 Å². The summed E-state index contributed by atoms with van der Waals surface area (Å²) in [5, 5.41) is 4.12. The molecule has 1 aromatic heterocycles. The first-order valence-electron chi connectivity index (χ1n) is 8.44. The molecule has 0 atom stereocenters. The van der Waals surface area contributed by atoms with Gasteiger partial charge in [-0.15, -0.1) is 0 Å². The Kier molecular flexibility index (Phi) is 5.36. The zero-order valence-corrected chi connectivity index (χ0v) is 15.4. The molecule has 1 aromatic carbocycles. The van der Waals surface area contributed by atoms with Crippen molar-refractivity contribution in [2.45, 2.75) is 32.2 Å². The summed E-state index contributed by atoms with van der Waals surface area (Å²) in [5.41, 5.74) is 0.938. The number of fused-ring (bicyclic) bond motifs is 1. The maximum absolute atomic E-state index is 13.2. The highest BCUT2D eigenvalue weighted by Gasteiger charge is 2.27. The van der Waals surface area contributed by atoms with Crippen molar-refractivity contribution in [2.24, 2.45) is 0 Å². The molecule has 5 nitrogen and oxygen atoms in total. The van der Waals surface area contributed by atoms with Crippen molar-refractivity contribution in [3.8, 4) is 0 Å². The normalized spacial score (nSPS) is 15.6. The monoisotopic (exact) mass is 391 g/mol. The van der Waals surface area contributed by atoms with E-state index in [0.717, 1.165) is 42.2 Å². The summed E-state index contributed by atoms with van der Waals surface area (Å²) < 4.78 is 0.889. The molecule has 0 saturated carbocycles. The van der Waals surface area contributed by atoms with Crippen molar-refractivity contribution in [1.82, 2.24) is 15.2 Å². The molecule has 2 aromatic rings. The first-order valence-corrected chi connectivity index (χ1v) is 9.23. The number of pyridine rings is 1. The minimum absolute atomic E-state index is 0.0436. The number of hydrogen-bond donors (Lipinski definition) is 2. The van der Waals surface area contributed by atoms with Gasteiger partial charge in [0, 0.05) is 34.0 Å². The van der Waals surface area contributed by atoms with E-state index in [9.17, 15) is 9.59 Å². The molecule has 3 rings (SSSR count). The lowest BCUT2D eigenvalue weighted by molar-refractivity contribution is 0.0644. The average molecular weight is 392 g/mol. The highest BCUT2D eigenvalue weighted by molar-refractivity contribution is 9.10. The van der Waals surface area contributed by atoms with Gasteiger partial charge in [-0.25, -0.2) is 0 Å². The van der Waals surface area contributed by atoms with Gasteiger partial charge in [-0.05, 0) is 50.6 Å². The fourth-order valence-corrected chi connectivity index (χ4v) is 3.73. The van der Waals surface area contributed by atoms with Gasteiger partial charge in [0.15, 0.2) is 0 Å². The van der Waals surface area contributed by atoms with Crippen molar-refractivity contribution in [3.63, 3.8) is 0 Å². The van der Waals surface area contributed by atoms with Gasteiger partial charge in [0.05, 0.1) is 5.56 Å². The van der Waals surface area contributed by atoms with Crippen LogP contribution in [0.5, 0.6) is 0 Å². The number of amides is 1. The van der Waals surface area contributed by atoms with Gasteiger partial charge in [0.25, 0.3) is 5.91 Å². The lowest BCUT2D eigenvalue weighted by Crippen LogP contribution is -2.46. The van der Waals surface area contributed by atoms with Gasteiger partial charge < -0.3 is 15.2 Å². The summed E-state index contributed by atoms with van der Waals surface area (Å²) in [4.78, 5) is 30.0. The van der Waals surface area contributed by atoms with E-state index in [1.807, 2.05) is 23.1 Å². The Balaban J connectivity index is 2.04. The number of piperidine rings is 1. The summed E-state index contributed by atoms with van der Waals surface area (Å²) >= 11 is 3.45. The Morgan fingerprint density at radius 2 is 2.04 bits per heavy atom. The highest BCUT2D eigenvalue weighted by atomic mass is 79.9. The molecule has 1 fully saturated rings. The molecular weight excluding hydrogens is 370 g/mol. The third-order valence-electron chi connectivity index (χ3n) is 4.51. The molecule has 0 bridgehead atoms. The van der Waals surface area contributed by atoms with Crippen LogP contribution in [0, 0.1) is 0 Å². The van der Waals surface area contributed by atoms with Crippen molar-refractivity contribution in [1.29, 1.82) is 0 Å². The fraction of sp³-hybridized carbons (Fsp3) is 0.444. The number of aromatic nitrogens is 1. The Morgan fingerprint density at radius 1 is 1.29 bits per heavy atom. The quantitative estimate of drug-likeness (QED) is 0.841. The Hall–Kier alpha value is -1.66. The molecule has 2 N–H and O–H groups in total. The van der Waals surface area contributed by atoms with Crippen LogP contribution >= 0.6 is 15.9 Å². The van der Waals surface area contributed by atoms with Crippen LogP contribution in [0.1, 0.15) is 36.5 Å². The van der Waals surface area contributed by atoms with Gasteiger partial charge in [0.2, 0.25) is 5.56 Å². The summed E-state index contributed by atoms with van der Waals surface area (Å²) in [6.07, 6.45) is 2.81. The molecule has 128 valence electrons. The molecule has 0 radical (unpaired) electrons. The number of halogens is 1. The van der Waals surface area contributed by atoms with Crippen molar-refractivity contribution in [2.75, 3.05) is 19.6 Å². The molecule has 1 aliphatic heterocycles. The number of rotatable bonds is 4. The van der Waals surface area contributed by atoms with E-state index in [-0.39, 0.29) is 17.5 Å². The fourth-order valence-electron chi connectivity index (χ4n) is 3.37. The molecule has 2 heterocycles. The summed E-state index contributed by atoms with van der Waals surface area (Å²) in [7, 11) is 0. The largest absolute Gasteiger partial charge is 0.336 e. The molecule has 24 heavy (non-hydrogen) atoms. The third kappa shape index (κ3) is 3.54. The minimum Gasteiger partial charge on any atom is -0.336 e. The van der Waals surface area contributed by atoms with Crippen molar-refractivity contribution in [3.05, 3.63) is 44.7 Å². The lowest BCUT2D eigenvalue weighted by atomic mass is 10.0. The van der Waals surface area contributed by atoms with Crippen molar-refractivity contribution >= 4 is 32.7 Å². The number of benzene rings is 1. The minimum atomic E-state index is -0.241. The van der Waals surface area contributed by atoms with E-state index in [1.54, 1.807) is 0 Å². The second-order valence-electron chi connectivity index (χ2n) is 6.22. The van der Waals surface area contributed by atoms with Crippen LogP contribution in [-0.4, -0.2) is 41.5 Å². The predicted molar refractivity (Wildman–Crippen MR) is 99.5 cm³/mol. The van der Waals surface area contributed by atoms with Crippen LogP contribution in [0.4, 0.5) is 0 Å². The Labute approximate surface area is 149 Å². The smallest absolute Gasteiger partial charge is 0.254 e. The molecule has 0 aliphatic carbocycles. The molecule has 1 saturated heterocycles. The maximum atomic E-state index is 13.2. The number of carbonyl (C=O) groups is 1. The van der Waals surface area contributed by atoms with E-state index in [0.29, 0.717) is 17.6 Å². The van der Waals surface area contributed by atoms with Crippen LogP contribution in [-0.2, 0) is 0 Å². The Morgan fingerprint density at radius 3 is 2.75 bits per heavy atom. The number of nitrogens with zero attached hydrogens (tertiary/aromatic N) is 1. The third-order valence-corrected chi connectivity index (χ3v) is 5.00. The number of aromatic amines is 1. The second kappa shape index (κ2) is 7.49. The standard InChI is InChI=1S/C18H22BrN3O2/c1-2-9-22(13-5-7-20-8-6-13)18(24)15-11-17(23)21-16-4-3-12(19)10-14(15)16/h3-4,10-11,13,20H,2,5-9H2,1H3,(H,21,23). The van der Waals surface area contributed by atoms with Crippen molar-refractivity contribution < 1.29 is 4.79 Å². The molecule has 0 unspecified atom stereocenters. The van der Waals surface area contributed by atoms with Gasteiger partial charge in [-0.1, -0.05) is 22.9 Å². The summed E-state index contributed by atoms with van der Waals surface area (Å²) in [6, 6.07) is 7.25.